The number of amides is 2. The van der Waals surface area contributed by atoms with Gasteiger partial charge in [-0.05, 0) is 67.6 Å². The molecule has 1 aliphatic rings. The maximum atomic E-state index is 13.4. The molecule has 0 saturated carbocycles. The van der Waals surface area contributed by atoms with Crippen LogP contribution in [0.5, 0.6) is 0 Å². The summed E-state index contributed by atoms with van der Waals surface area (Å²) >= 11 is 0. The Hall–Kier alpha value is -4.42. The SMILES string of the molecule is C[C@H]1COCCN1c1cc(CS(=O)(=O)c2ccc(F)cc2)nc(-c2ccc(NC(=O)Nc3ccccn3)cc2)n1. The number of morpholine rings is 1. The fourth-order valence-corrected chi connectivity index (χ4v) is 5.49. The van der Waals surface area contributed by atoms with Crippen molar-refractivity contribution < 1.29 is 22.3 Å². The lowest BCUT2D eigenvalue weighted by atomic mass is 10.2. The number of anilines is 3. The van der Waals surface area contributed by atoms with Gasteiger partial charge >= 0.3 is 6.03 Å². The van der Waals surface area contributed by atoms with Crippen LogP contribution in [0.15, 0.2) is 83.9 Å². The molecule has 2 amide bonds. The van der Waals surface area contributed by atoms with Gasteiger partial charge in [-0.15, -0.1) is 0 Å². The first kappa shape index (κ1) is 27.2. The predicted octanol–water partition coefficient (Wildman–Crippen LogP) is 4.52. The van der Waals surface area contributed by atoms with Crippen molar-refractivity contribution >= 4 is 33.2 Å². The van der Waals surface area contributed by atoms with E-state index in [2.05, 4.69) is 25.5 Å². The van der Waals surface area contributed by atoms with Crippen LogP contribution in [0.4, 0.5) is 26.5 Å². The second kappa shape index (κ2) is 11.8. The quantitative estimate of drug-likeness (QED) is 0.315. The molecule has 0 unspecified atom stereocenters. The summed E-state index contributed by atoms with van der Waals surface area (Å²) in [5.41, 5.74) is 1.48. The van der Waals surface area contributed by atoms with E-state index in [9.17, 15) is 17.6 Å². The number of sulfone groups is 1. The molecule has 12 heteroatoms. The average molecular weight is 563 g/mol. The van der Waals surface area contributed by atoms with Crippen LogP contribution >= 0.6 is 0 Å². The summed E-state index contributed by atoms with van der Waals surface area (Å²) in [5, 5.41) is 5.39. The predicted molar refractivity (Wildman–Crippen MR) is 149 cm³/mol. The van der Waals surface area contributed by atoms with Gasteiger partial charge in [-0.2, -0.15) is 0 Å². The van der Waals surface area contributed by atoms with Crippen molar-refractivity contribution in [3.63, 3.8) is 0 Å². The number of aromatic nitrogens is 3. The first-order valence-corrected chi connectivity index (χ1v) is 14.2. The van der Waals surface area contributed by atoms with Gasteiger partial charge in [0.2, 0.25) is 0 Å². The van der Waals surface area contributed by atoms with Gasteiger partial charge in [-0.25, -0.2) is 32.6 Å². The van der Waals surface area contributed by atoms with Crippen LogP contribution in [-0.2, 0) is 20.3 Å². The number of halogens is 1. The molecule has 0 bridgehead atoms. The third-order valence-electron chi connectivity index (χ3n) is 6.25. The van der Waals surface area contributed by atoms with Crippen LogP contribution in [0.25, 0.3) is 11.4 Å². The summed E-state index contributed by atoms with van der Waals surface area (Å²) in [5.74, 6) is 0.445. The number of carbonyl (C=O) groups excluding carboxylic acids is 1. The third kappa shape index (κ3) is 6.58. The van der Waals surface area contributed by atoms with Crippen molar-refractivity contribution in [2.75, 3.05) is 35.3 Å². The van der Waals surface area contributed by atoms with Gasteiger partial charge in [-0.3, -0.25) is 5.32 Å². The molecule has 1 saturated heterocycles. The van der Waals surface area contributed by atoms with E-state index < -0.39 is 21.7 Å². The highest BCUT2D eigenvalue weighted by Crippen LogP contribution is 2.26. The van der Waals surface area contributed by atoms with Gasteiger partial charge in [0.15, 0.2) is 15.7 Å². The van der Waals surface area contributed by atoms with Gasteiger partial charge in [-0.1, -0.05) is 6.07 Å². The van der Waals surface area contributed by atoms with Gasteiger partial charge < -0.3 is 15.0 Å². The van der Waals surface area contributed by atoms with E-state index in [4.69, 9.17) is 9.72 Å². The minimum absolute atomic E-state index is 0.00904. The number of carbonyl (C=O) groups is 1. The summed E-state index contributed by atoms with van der Waals surface area (Å²) in [6.07, 6.45) is 1.58. The summed E-state index contributed by atoms with van der Waals surface area (Å²) in [4.78, 5) is 27.8. The fraction of sp³-hybridized carbons (Fsp3) is 0.214. The molecule has 1 aliphatic heterocycles. The number of rotatable bonds is 7. The molecule has 2 N–H and O–H groups in total. The van der Waals surface area contributed by atoms with Crippen LogP contribution in [0.2, 0.25) is 0 Å². The minimum Gasteiger partial charge on any atom is -0.377 e. The lowest BCUT2D eigenvalue weighted by molar-refractivity contribution is 0.0985. The number of hydrogen-bond donors (Lipinski definition) is 2. The molecule has 10 nitrogen and oxygen atoms in total. The molecule has 3 heterocycles. The Bertz CT molecular complexity index is 1590. The van der Waals surface area contributed by atoms with Crippen molar-refractivity contribution in [2.24, 2.45) is 0 Å². The van der Waals surface area contributed by atoms with E-state index in [1.54, 1.807) is 54.7 Å². The molecule has 1 fully saturated rings. The largest absolute Gasteiger partial charge is 0.377 e. The number of hydrogen-bond acceptors (Lipinski definition) is 8. The third-order valence-corrected chi connectivity index (χ3v) is 7.91. The van der Waals surface area contributed by atoms with E-state index in [-0.39, 0.29) is 16.7 Å². The second-order valence-electron chi connectivity index (χ2n) is 9.24. The van der Waals surface area contributed by atoms with Gasteiger partial charge in [0, 0.05) is 30.1 Å². The molecule has 0 aliphatic carbocycles. The molecule has 1 atom stereocenters. The summed E-state index contributed by atoms with van der Waals surface area (Å²) in [6, 6.07) is 18.1. The smallest absolute Gasteiger partial charge is 0.324 e. The van der Waals surface area contributed by atoms with Gasteiger partial charge in [0.05, 0.1) is 35.6 Å². The van der Waals surface area contributed by atoms with Crippen LogP contribution in [0.1, 0.15) is 12.6 Å². The van der Waals surface area contributed by atoms with Crippen LogP contribution < -0.4 is 15.5 Å². The highest BCUT2D eigenvalue weighted by atomic mass is 32.2. The van der Waals surface area contributed by atoms with Crippen molar-refractivity contribution in [3.05, 3.63) is 90.5 Å². The maximum absolute atomic E-state index is 13.4. The monoisotopic (exact) mass is 562 g/mol. The number of nitrogens with one attached hydrogen (secondary N) is 2. The summed E-state index contributed by atoms with van der Waals surface area (Å²) in [7, 11) is -3.80. The van der Waals surface area contributed by atoms with Crippen molar-refractivity contribution in [1.82, 2.24) is 15.0 Å². The zero-order chi connectivity index (χ0) is 28.1. The van der Waals surface area contributed by atoms with E-state index in [0.29, 0.717) is 54.2 Å². The average Bonchev–Trinajstić information content (AvgIpc) is 2.94. The minimum atomic E-state index is -3.80. The summed E-state index contributed by atoms with van der Waals surface area (Å²) < 4.78 is 45.2. The molecule has 5 rings (SSSR count). The topological polar surface area (TPSA) is 126 Å². The Morgan fingerprint density at radius 3 is 2.52 bits per heavy atom. The molecule has 2 aromatic heterocycles. The van der Waals surface area contributed by atoms with Crippen LogP contribution in [0, 0.1) is 5.82 Å². The lowest BCUT2D eigenvalue weighted by Crippen LogP contribution is -2.44. The molecule has 206 valence electrons. The normalized spacial score (nSPS) is 15.4. The molecule has 2 aromatic carbocycles. The van der Waals surface area contributed by atoms with Crippen molar-refractivity contribution in [2.45, 2.75) is 23.6 Å². The molecule has 4 aromatic rings. The Balaban J connectivity index is 1.41. The zero-order valence-electron chi connectivity index (χ0n) is 21.6. The van der Waals surface area contributed by atoms with Crippen LogP contribution in [-0.4, -0.2) is 55.2 Å². The van der Waals surface area contributed by atoms with Crippen molar-refractivity contribution in [3.8, 4) is 11.4 Å². The maximum Gasteiger partial charge on any atom is 0.324 e. The molecule has 40 heavy (non-hydrogen) atoms. The molecular weight excluding hydrogens is 535 g/mol. The van der Waals surface area contributed by atoms with Crippen LogP contribution in [0.3, 0.4) is 0 Å². The van der Waals surface area contributed by atoms with E-state index in [0.717, 1.165) is 12.1 Å². The van der Waals surface area contributed by atoms with E-state index in [1.165, 1.54) is 12.1 Å². The highest BCUT2D eigenvalue weighted by molar-refractivity contribution is 7.90. The number of pyridine rings is 1. The van der Waals surface area contributed by atoms with Gasteiger partial charge in [0.1, 0.15) is 17.5 Å². The van der Waals surface area contributed by atoms with E-state index >= 15 is 0 Å². The Kier molecular flexibility index (Phi) is 7.99. The molecule has 0 radical (unpaired) electrons. The lowest BCUT2D eigenvalue weighted by Gasteiger charge is -2.34. The zero-order valence-corrected chi connectivity index (χ0v) is 22.4. The number of urea groups is 1. The van der Waals surface area contributed by atoms with E-state index in [1.807, 2.05) is 6.92 Å². The summed E-state index contributed by atoms with van der Waals surface area (Å²) in [6.45, 7) is 3.64. The second-order valence-corrected chi connectivity index (χ2v) is 11.2. The first-order valence-electron chi connectivity index (χ1n) is 12.6. The molecular formula is C28H27FN6O4S. The fourth-order valence-electron chi connectivity index (χ4n) is 4.24. The number of benzene rings is 2. The Morgan fingerprint density at radius 1 is 1.05 bits per heavy atom. The Morgan fingerprint density at radius 2 is 1.82 bits per heavy atom. The standard InChI is InChI=1S/C28H27FN6O4S/c1-19-17-39-15-14-35(19)26-16-23(18-40(37,38)24-11-7-21(29)8-12-24)31-27(34-26)20-5-9-22(10-6-20)32-28(36)33-25-4-2-3-13-30-25/h2-13,16,19H,14-15,17-18H2,1H3,(H2,30,32,33,36)/t19-/m0/s1. The Labute approximate surface area is 231 Å². The molecule has 0 spiro atoms. The number of nitrogens with zero attached hydrogens (tertiary/aromatic N) is 4. The number of ether oxygens (including phenoxy) is 1. The van der Waals surface area contributed by atoms with Gasteiger partial charge in [0.25, 0.3) is 0 Å². The highest BCUT2D eigenvalue weighted by Gasteiger charge is 2.24. The van der Waals surface area contributed by atoms with Crippen molar-refractivity contribution in [1.29, 1.82) is 0 Å². The first-order chi connectivity index (χ1) is 19.3.